The fourth-order valence-electron chi connectivity index (χ4n) is 5.73. The van der Waals surface area contributed by atoms with Gasteiger partial charge in [0, 0.05) is 31.2 Å². The summed E-state index contributed by atoms with van der Waals surface area (Å²) in [5.41, 5.74) is -1.35. The molecule has 0 radical (unpaired) electrons. The summed E-state index contributed by atoms with van der Waals surface area (Å²) in [5.74, 6) is -11.3. The number of halogens is 6. The molecule has 0 spiro atoms. The van der Waals surface area contributed by atoms with Crippen molar-refractivity contribution in [1.82, 2.24) is 20.9 Å². The first kappa shape index (κ1) is 33.6. The van der Waals surface area contributed by atoms with Crippen molar-refractivity contribution in [2.45, 2.75) is 89.1 Å². The van der Waals surface area contributed by atoms with Crippen LogP contribution in [0.2, 0.25) is 0 Å². The Kier molecular flexibility index (Phi) is 9.36. The summed E-state index contributed by atoms with van der Waals surface area (Å²) < 4.78 is 107. The van der Waals surface area contributed by atoms with Gasteiger partial charge >= 0.3 is 12.1 Å². The molecule has 1 saturated carbocycles. The SMILES string of the molecule is CC(C)(C)[C@H](NC(=O)C(F)(F)F)C(=O)N1[C@H]2CC[C@@H]([C@H]1C(=O)N[C@@H](/C=C(/F)S(C)(=O)=O)C[C@H]1CCNC1=O)C(F)(F)C2. The van der Waals surface area contributed by atoms with Gasteiger partial charge in [0.25, 0.3) is 5.92 Å². The second-order valence-electron chi connectivity index (χ2n) is 12.1. The van der Waals surface area contributed by atoms with Crippen molar-refractivity contribution in [2.75, 3.05) is 12.8 Å². The number of alkyl halides is 5. The van der Waals surface area contributed by atoms with Gasteiger partial charge in [-0.05, 0) is 37.2 Å². The zero-order valence-corrected chi connectivity index (χ0v) is 24.2. The Morgan fingerprint density at radius 1 is 1.12 bits per heavy atom. The Balaban J connectivity index is 2.00. The molecule has 3 heterocycles. The molecule has 0 aromatic carbocycles. The molecule has 4 fully saturated rings. The van der Waals surface area contributed by atoms with Crippen LogP contribution in [-0.4, -0.2) is 86.0 Å². The molecule has 3 aliphatic heterocycles. The largest absolute Gasteiger partial charge is 0.471 e. The zero-order chi connectivity index (χ0) is 32.0. The summed E-state index contributed by atoms with van der Waals surface area (Å²) in [6, 6.07) is -6.56. The van der Waals surface area contributed by atoms with E-state index in [1.807, 2.05) is 0 Å². The number of carbonyl (C=O) groups excluding carboxylic acids is 4. The lowest BCUT2D eigenvalue weighted by Gasteiger charge is -2.55. The van der Waals surface area contributed by atoms with Gasteiger partial charge in [0.2, 0.25) is 32.7 Å². The molecule has 3 saturated heterocycles. The average molecular weight is 633 g/mol. The summed E-state index contributed by atoms with van der Waals surface area (Å²) in [6.45, 7) is 4.31. The van der Waals surface area contributed by atoms with E-state index in [1.165, 1.54) is 20.8 Å². The van der Waals surface area contributed by atoms with Gasteiger partial charge < -0.3 is 20.9 Å². The maximum Gasteiger partial charge on any atom is 0.471 e. The van der Waals surface area contributed by atoms with Gasteiger partial charge in [-0.2, -0.15) is 17.6 Å². The lowest BCUT2D eigenvalue weighted by Crippen LogP contribution is -2.71. The van der Waals surface area contributed by atoms with E-state index in [-0.39, 0.29) is 32.2 Å². The number of amides is 4. The maximum atomic E-state index is 15.1. The maximum absolute atomic E-state index is 15.1. The Bertz CT molecular complexity index is 1250. The van der Waals surface area contributed by atoms with E-state index in [0.717, 1.165) is 4.90 Å². The van der Waals surface area contributed by atoms with Crippen molar-refractivity contribution in [3.8, 4) is 0 Å². The van der Waals surface area contributed by atoms with Crippen molar-refractivity contribution in [3.63, 3.8) is 0 Å². The number of nitrogens with one attached hydrogen (secondary N) is 3. The quantitative estimate of drug-likeness (QED) is 0.350. The summed E-state index contributed by atoms with van der Waals surface area (Å²) in [7, 11) is -4.38. The molecule has 3 N–H and O–H groups in total. The zero-order valence-electron chi connectivity index (χ0n) is 23.4. The van der Waals surface area contributed by atoms with Crippen LogP contribution in [0.25, 0.3) is 0 Å². The number of hydrogen-bond acceptors (Lipinski definition) is 6. The van der Waals surface area contributed by atoms with Crippen LogP contribution < -0.4 is 16.0 Å². The van der Waals surface area contributed by atoms with E-state index < -0.39 is 98.6 Å². The van der Waals surface area contributed by atoms with Gasteiger partial charge in [-0.1, -0.05) is 20.8 Å². The molecular formula is C25H34F6N4O6S. The number of rotatable bonds is 8. The molecule has 1 aliphatic carbocycles. The van der Waals surface area contributed by atoms with E-state index in [2.05, 4.69) is 10.6 Å². The number of piperidine rings is 2. The van der Waals surface area contributed by atoms with Gasteiger partial charge in [-0.15, -0.1) is 0 Å². The van der Waals surface area contributed by atoms with Crippen LogP contribution in [-0.2, 0) is 29.0 Å². The molecule has 4 aliphatic rings. The minimum atomic E-state index is -5.36. The van der Waals surface area contributed by atoms with Crippen LogP contribution in [0.4, 0.5) is 26.3 Å². The van der Waals surface area contributed by atoms with E-state index in [1.54, 1.807) is 5.32 Å². The molecule has 0 unspecified atom stereocenters. The predicted octanol–water partition coefficient (Wildman–Crippen LogP) is 1.96. The molecule has 4 rings (SSSR count). The predicted molar refractivity (Wildman–Crippen MR) is 136 cm³/mol. The van der Waals surface area contributed by atoms with Crippen molar-refractivity contribution in [1.29, 1.82) is 0 Å². The highest BCUT2D eigenvalue weighted by atomic mass is 32.2. The molecule has 6 atom stereocenters. The van der Waals surface area contributed by atoms with Crippen molar-refractivity contribution in [3.05, 3.63) is 11.2 Å². The van der Waals surface area contributed by atoms with E-state index in [4.69, 9.17) is 0 Å². The number of carbonyl (C=O) groups is 4. The summed E-state index contributed by atoms with van der Waals surface area (Å²) in [5, 5.41) is 4.81. The van der Waals surface area contributed by atoms with Gasteiger partial charge in [0.1, 0.15) is 12.1 Å². The Morgan fingerprint density at radius 2 is 1.74 bits per heavy atom. The Morgan fingerprint density at radius 3 is 2.21 bits per heavy atom. The van der Waals surface area contributed by atoms with Gasteiger partial charge in [0.05, 0.1) is 12.0 Å². The average Bonchev–Trinajstić information content (AvgIpc) is 3.22. The highest BCUT2D eigenvalue weighted by Crippen LogP contribution is 2.49. The van der Waals surface area contributed by atoms with Crippen LogP contribution >= 0.6 is 0 Å². The van der Waals surface area contributed by atoms with E-state index >= 15 is 8.78 Å². The van der Waals surface area contributed by atoms with E-state index in [9.17, 15) is 45.2 Å². The third kappa shape index (κ3) is 7.37. The van der Waals surface area contributed by atoms with Crippen molar-refractivity contribution >= 4 is 33.5 Å². The van der Waals surface area contributed by atoms with Gasteiger partial charge in [-0.25, -0.2) is 17.2 Å². The second-order valence-corrected chi connectivity index (χ2v) is 14.1. The first-order valence-electron chi connectivity index (χ1n) is 13.3. The summed E-state index contributed by atoms with van der Waals surface area (Å²) >= 11 is 0. The van der Waals surface area contributed by atoms with E-state index in [0.29, 0.717) is 12.3 Å². The highest BCUT2D eigenvalue weighted by molar-refractivity contribution is 7.94. The summed E-state index contributed by atoms with van der Waals surface area (Å²) in [6.07, 6.45) is -5.38. The Labute approximate surface area is 238 Å². The molecule has 10 nitrogen and oxygen atoms in total. The fraction of sp³-hybridized carbons (Fsp3) is 0.760. The Hall–Kier alpha value is -2.85. The fourth-order valence-corrected chi connectivity index (χ4v) is 6.14. The molecule has 0 aromatic rings. The number of fused-ring (bicyclic) bond motifs is 3. The number of sulfone groups is 1. The first-order valence-corrected chi connectivity index (χ1v) is 15.2. The molecular weight excluding hydrogens is 598 g/mol. The third-order valence-electron chi connectivity index (χ3n) is 7.82. The standard InChI is InChI=1S/C25H34F6N4O6S/c1-23(2,3)18(34-22(39)25(29,30)31)21(38)35-14-5-6-15(24(27,28)11-14)17(35)20(37)33-13(10-16(26)42(4,40)41)9-12-7-8-32-19(12)36/h10,12-15,17-18H,5-9,11H2,1-4H3,(H,32,36)(H,33,37)(H,34,39)/b16-10-/t12-,13-,14+,15+,17+,18-/m1/s1. The van der Waals surface area contributed by atoms with Crippen LogP contribution in [0.3, 0.4) is 0 Å². The molecule has 238 valence electrons. The highest BCUT2D eigenvalue weighted by Gasteiger charge is 2.61. The minimum Gasteiger partial charge on any atom is -0.356 e. The lowest BCUT2D eigenvalue weighted by atomic mass is 9.70. The van der Waals surface area contributed by atoms with Gasteiger partial charge in [0.15, 0.2) is 0 Å². The monoisotopic (exact) mass is 632 g/mol. The lowest BCUT2D eigenvalue weighted by molar-refractivity contribution is -0.197. The normalized spacial score (nSPS) is 27.7. The van der Waals surface area contributed by atoms with Crippen molar-refractivity contribution in [2.24, 2.45) is 17.3 Å². The molecule has 42 heavy (non-hydrogen) atoms. The topological polar surface area (TPSA) is 142 Å². The molecule has 17 heteroatoms. The molecule has 4 amide bonds. The number of hydrogen-bond donors (Lipinski definition) is 3. The summed E-state index contributed by atoms with van der Waals surface area (Å²) in [4.78, 5) is 52.0. The molecule has 0 aromatic heterocycles. The third-order valence-corrected chi connectivity index (χ3v) is 8.66. The second kappa shape index (κ2) is 11.7. The van der Waals surface area contributed by atoms with Crippen LogP contribution in [0.1, 0.15) is 52.9 Å². The van der Waals surface area contributed by atoms with Crippen molar-refractivity contribution < 1.29 is 53.9 Å². The molecule has 2 bridgehead atoms. The number of nitrogens with zero attached hydrogens (tertiary/aromatic N) is 1. The van der Waals surface area contributed by atoms with Crippen LogP contribution in [0.15, 0.2) is 11.2 Å². The van der Waals surface area contributed by atoms with Crippen LogP contribution in [0.5, 0.6) is 0 Å². The van der Waals surface area contributed by atoms with Crippen LogP contribution in [0, 0.1) is 17.3 Å². The van der Waals surface area contributed by atoms with Gasteiger partial charge in [-0.3, -0.25) is 19.2 Å². The minimum absolute atomic E-state index is 0.00808. The first-order chi connectivity index (χ1) is 19.0. The smallest absolute Gasteiger partial charge is 0.356 e.